The molecule has 16 heavy (non-hydrogen) atoms. The van der Waals surface area contributed by atoms with Crippen molar-refractivity contribution in [3.8, 4) is 0 Å². The first-order valence-electron chi connectivity index (χ1n) is 6.06. The Bertz CT molecular complexity index is 334. The van der Waals surface area contributed by atoms with Crippen LogP contribution in [0.3, 0.4) is 0 Å². The first-order valence-corrected chi connectivity index (χ1v) is 6.06. The fourth-order valence-corrected chi connectivity index (χ4v) is 2.57. The molecule has 0 aliphatic heterocycles. The number of nitrogens with zero attached hydrogens (tertiary/aromatic N) is 2. The lowest BCUT2D eigenvalue weighted by Crippen LogP contribution is -2.25. The number of hydrogen-bond acceptors (Lipinski definition) is 3. The summed E-state index contributed by atoms with van der Waals surface area (Å²) in [6.45, 7) is 1.17. The van der Waals surface area contributed by atoms with Gasteiger partial charge in [-0.2, -0.15) is 0 Å². The number of aliphatic hydroxyl groups excluding tert-OH is 1. The van der Waals surface area contributed by atoms with Crippen molar-refractivity contribution in [1.82, 2.24) is 4.98 Å². The Morgan fingerprint density at radius 3 is 2.88 bits per heavy atom. The van der Waals surface area contributed by atoms with E-state index in [0.717, 1.165) is 23.7 Å². The lowest BCUT2D eigenvalue weighted by Gasteiger charge is -2.24. The van der Waals surface area contributed by atoms with Crippen molar-refractivity contribution in [3.05, 3.63) is 24.0 Å². The van der Waals surface area contributed by atoms with E-state index in [-0.39, 0.29) is 6.61 Å². The largest absolute Gasteiger partial charge is 0.392 e. The van der Waals surface area contributed by atoms with Crippen LogP contribution in [0.1, 0.15) is 31.2 Å². The molecule has 0 spiro atoms. The zero-order chi connectivity index (χ0) is 11.4. The molecule has 1 N–H and O–H groups in total. The highest BCUT2D eigenvalue weighted by atomic mass is 16.3. The van der Waals surface area contributed by atoms with E-state index in [1.807, 2.05) is 12.3 Å². The van der Waals surface area contributed by atoms with E-state index in [1.54, 1.807) is 6.20 Å². The van der Waals surface area contributed by atoms with Gasteiger partial charge in [0.2, 0.25) is 0 Å². The zero-order valence-electron chi connectivity index (χ0n) is 9.89. The van der Waals surface area contributed by atoms with Crippen LogP contribution in [0.25, 0.3) is 0 Å². The van der Waals surface area contributed by atoms with Crippen LogP contribution in [0, 0.1) is 5.92 Å². The van der Waals surface area contributed by atoms with Gasteiger partial charge in [-0.05, 0) is 24.8 Å². The van der Waals surface area contributed by atoms with Crippen molar-refractivity contribution >= 4 is 5.69 Å². The molecule has 0 bridgehead atoms. The summed E-state index contributed by atoms with van der Waals surface area (Å²) in [5, 5.41) is 9.27. The van der Waals surface area contributed by atoms with Crippen LogP contribution in [0.5, 0.6) is 0 Å². The number of aromatic nitrogens is 1. The van der Waals surface area contributed by atoms with E-state index >= 15 is 0 Å². The summed E-state index contributed by atoms with van der Waals surface area (Å²) >= 11 is 0. The van der Waals surface area contributed by atoms with Gasteiger partial charge in [-0.3, -0.25) is 4.98 Å². The Labute approximate surface area is 97.1 Å². The Morgan fingerprint density at radius 2 is 2.19 bits per heavy atom. The Hall–Kier alpha value is -1.09. The quantitative estimate of drug-likeness (QED) is 0.845. The van der Waals surface area contributed by atoms with Gasteiger partial charge in [-0.15, -0.1) is 0 Å². The average Bonchev–Trinajstić information content (AvgIpc) is 2.81. The van der Waals surface area contributed by atoms with Crippen LogP contribution in [0.2, 0.25) is 0 Å². The molecular weight excluding hydrogens is 200 g/mol. The second kappa shape index (κ2) is 5.30. The highest BCUT2D eigenvalue weighted by molar-refractivity contribution is 5.50. The van der Waals surface area contributed by atoms with Crippen LogP contribution in [-0.2, 0) is 6.61 Å². The van der Waals surface area contributed by atoms with E-state index in [4.69, 9.17) is 0 Å². The third-order valence-corrected chi connectivity index (χ3v) is 3.48. The molecule has 0 unspecified atom stereocenters. The van der Waals surface area contributed by atoms with E-state index in [0.29, 0.717) is 0 Å². The van der Waals surface area contributed by atoms with E-state index < -0.39 is 0 Å². The van der Waals surface area contributed by atoms with Crippen molar-refractivity contribution in [1.29, 1.82) is 0 Å². The second-order valence-corrected chi connectivity index (χ2v) is 4.69. The molecule has 3 nitrogen and oxygen atoms in total. The molecule has 3 heteroatoms. The molecule has 0 atom stereocenters. The summed E-state index contributed by atoms with van der Waals surface area (Å²) in [6, 6.07) is 1.89. The molecule has 88 valence electrons. The summed E-state index contributed by atoms with van der Waals surface area (Å²) in [6.07, 6.45) is 9.02. The molecule has 1 heterocycles. The topological polar surface area (TPSA) is 36.4 Å². The minimum Gasteiger partial charge on any atom is -0.392 e. The zero-order valence-corrected chi connectivity index (χ0v) is 9.89. The molecule has 1 aliphatic carbocycles. The maximum Gasteiger partial charge on any atom is 0.0703 e. The number of hydrogen-bond donors (Lipinski definition) is 1. The lowest BCUT2D eigenvalue weighted by molar-refractivity contribution is 0.282. The molecule has 1 aromatic rings. The number of aliphatic hydroxyl groups is 1. The van der Waals surface area contributed by atoms with Crippen molar-refractivity contribution in [2.24, 2.45) is 5.92 Å². The normalized spacial score (nSPS) is 16.6. The van der Waals surface area contributed by atoms with Gasteiger partial charge in [0.05, 0.1) is 18.5 Å². The third-order valence-electron chi connectivity index (χ3n) is 3.48. The number of rotatable bonds is 4. The van der Waals surface area contributed by atoms with Crippen LogP contribution < -0.4 is 4.90 Å². The minimum absolute atomic E-state index is 0.0901. The Balaban J connectivity index is 2.04. The van der Waals surface area contributed by atoms with Gasteiger partial charge in [0.25, 0.3) is 0 Å². The molecule has 1 aliphatic rings. The minimum atomic E-state index is 0.0901. The first kappa shape index (κ1) is 11.4. The fraction of sp³-hybridized carbons (Fsp3) is 0.615. The van der Waals surface area contributed by atoms with Gasteiger partial charge in [0.15, 0.2) is 0 Å². The van der Waals surface area contributed by atoms with Gasteiger partial charge in [-0.1, -0.05) is 12.8 Å². The van der Waals surface area contributed by atoms with E-state index in [2.05, 4.69) is 16.9 Å². The molecule has 0 amide bonds. The third kappa shape index (κ3) is 2.53. The molecule has 0 aromatic carbocycles. The summed E-state index contributed by atoms with van der Waals surface area (Å²) < 4.78 is 0. The maximum absolute atomic E-state index is 9.27. The van der Waals surface area contributed by atoms with E-state index in [1.165, 1.54) is 25.7 Å². The second-order valence-electron chi connectivity index (χ2n) is 4.69. The summed E-state index contributed by atoms with van der Waals surface area (Å²) in [4.78, 5) is 6.37. The summed E-state index contributed by atoms with van der Waals surface area (Å²) in [7, 11) is 2.09. The Morgan fingerprint density at radius 1 is 1.44 bits per heavy atom. The van der Waals surface area contributed by atoms with Gasteiger partial charge in [0.1, 0.15) is 0 Å². The first-order chi connectivity index (χ1) is 7.81. The Kier molecular flexibility index (Phi) is 3.78. The number of pyridine rings is 1. The maximum atomic E-state index is 9.27. The molecule has 1 saturated carbocycles. The molecular formula is C13H20N2O. The highest BCUT2D eigenvalue weighted by Crippen LogP contribution is 2.27. The standard InChI is InChI=1S/C13H20N2O/c1-15(9-11-4-2-3-5-11)13-8-14-7-6-12(13)10-16/h6-8,11,16H,2-5,9-10H2,1H3. The molecule has 2 rings (SSSR count). The van der Waals surface area contributed by atoms with Crippen molar-refractivity contribution in [2.75, 3.05) is 18.5 Å². The smallest absolute Gasteiger partial charge is 0.0703 e. The fourth-order valence-electron chi connectivity index (χ4n) is 2.57. The van der Waals surface area contributed by atoms with Crippen molar-refractivity contribution < 1.29 is 5.11 Å². The summed E-state index contributed by atoms with van der Waals surface area (Å²) in [5.41, 5.74) is 2.03. The van der Waals surface area contributed by atoms with Crippen molar-refractivity contribution in [2.45, 2.75) is 32.3 Å². The predicted molar refractivity (Wildman–Crippen MR) is 65.4 cm³/mol. The van der Waals surface area contributed by atoms with Crippen LogP contribution in [0.15, 0.2) is 18.5 Å². The van der Waals surface area contributed by atoms with Crippen LogP contribution in [-0.4, -0.2) is 23.7 Å². The monoisotopic (exact) mass is 220 g/mol. The van der Waals surface area contributed by atoms with Crippen LogP contribution >= 0.6 is 0 Å². The number of anilines is 1. The van der Waals surface area contributed by atoms with Gasteiger partial charge in [-0.25, -0.2) is 0 Å². The van der Waals surface area contributed by atoms with Gasteiger partial charge >= 0.3 is 0 Å². The van der Waals surface area contributed by atoms with Crippen molar-refractivity contribution in [3.63, 3.8) is 0 Å². The highest BCUT2D eigenvalue weighted by Gasteiger charge is 2.18. The average molecular weight is 220 g/mol. The SMILES string of the molecule is CN(CC1CCCC1)c1cnccc1CO. The van der Waals surface area contributed by atoms with Gasteiger partial charge < -0.3 is 10.0 Å². The molecule has 0 radical (unpaired) electrons. The molecule has 0 saturated heterocycles. The molecule has 1 aromatic heterocycles. The summed E-state index contributed by atoms with van der Waals surface area (Å²) in [5.74, 6) is 0.816. The lowest BCUT2D eigenvalue weighted by atomic mass is 10.1. The molecule has 1 fully saturated rings. The van der Waals surface area contributed by atoms with Gasteiger partial charge in [0, 0.05) is 25.4 Å². The van der Waals surface area contributed by atoms with Crippen LogP contribution in [0.4, 0.5) is 5.69 Å². The predicted octanol–water partition coefficient (Wildman–Crippen LogP) is 2.20. The van der Waals surface area contributed by atoms with E-state index in [9.17, 15) is 5.11 Å².